The molecule has 0 radical (unpaired) electrons. The van der Waals surface area contributed by atoms with Crippen LogP contribution in [0.25, 0.3) is 0 Å². The van der Waals surface area contributed by atoms with Crippen molar-refractivity contribution in [1.29, 1.82) is 0 Å². The average molecular weight is 247 g/mol. The maximum atomic E-state index is 3.42. The number of hydrogen-bond donors (Lipinski definition) is 0. The average Bonchev–Trinajstić information content (AvgIpc) is 2.08. The third kappa shape index (κ3) is 3.63. The van der Waals surface area contributed by atoms with E-state index >= 15 is 0 Å². The van der Waals surface area contributed by atoms with Gasteiger partial charge in [0.2, 0.25) is 0 Å². The van der Waals surface area contributed by atoms with E-state index in [1.54, 1.807) is 11.8 Å². The first-order valence-electron chi connectivity index (χ1n) is 4.04. The molecule has 0 atom stereocenters. The van der Waals surface area contributed by atoms with E-state index in [-0.39, 0.29) is 0 Å². The van der Waals surface area contributed by atoms with Crippen LogP contribution < -0.4 is 0 Å². The highest BCUT2D eigenvalue weighted by Gasteiger charge is 1.94. The second-order valence-electron chi connectivity index (χ2n) is 2.11. The molecule has 0 amide bonds. The molecule has 0 aliphatic carbocycles. The summed E-state index contributed by atoms with van der Waals surface area (Å²) in [5, 5.41) is 0. The molecule has 0 bridgehead atoms. The Balaban J connectivity index is 0.000000561. The number of hydrogen-bond acceptors (Lipinski definition) is 1. The summed E-state index contributed by atoms with van der Waals surface area (Å²) in [7, 11) is 0. The largest absolute Gasteiger partial charge is 0.129 e. The van der Waals surface area contributed by atoms with Crippen molar-refractivity contribution in [2.24, 2.45) is 0 Å². The van der Waals surface area contributed by atoms with Gasteiger partial charge in [0.15, 0.2) is 0 Å². The van der Waals surface area contributed by atoms with E-state index in [0.29, 0.717) is 0 Å². The fourth-order valence-corrected chi connectivity index (χ4v) is 1.90. The summed E-state index contributed by atoms with van der Waals surface area (Å²) in [4.78, 5) is 1.35. The highest BCUT2D eigenvalue weighted by Crippen LogP contribution is 2.22. The summed E-state index contributed by atoms with van der Waals surface area (Å²) in [6.07, 6.45) is 2.09. The molecule has 2 heteroatoms. The molecule has 0 saturated carbocycles. The van der Waals surface area contributed by atoms with E-state index in [9.17, 15) is 0 Å². The van der Waals surface area contributed by atoms with Gasteiger partial charge in [-0.25, -0.2) is 0 Å². The number of thioether (sulfide) groups is 1. The van der Waals surface area contributed by atoms with E-state index in [1.807, 2.05) is 13.8 Å². The minimum atomic E-state index is 1.16. The Morgan fingerprint density at radius 3 is 2.25 bits per heavy atom. The first-order chi connectivity index (χ1) is 5.74. The lowest BCUT2D eigenvalue weighted by Crippen LogP contribution is -1.76. The molecule has 0 aromatic heterocycles. The van der Waals surface area contributed by atoms with Gasteiger partial charge < -0.3 is 0 Å². The van der Waals surface area contributed by atoms with Crippen molar-refractivity contribution in [2.45, 2.75) is 25.7 Å². The monoisotopic (exact) mass is 246 g/mol. The Morgan fingerprint density at radius 1 is 1.25 bits per heavy atom. The Labute approximate surface area is 87.9 Å². The molecule has 1 rings (SSSR count). The number of rotatable bonds is 1. The Bertz CT molecular complexity index is 233. The maximum Gasteiger partial charge on any atom is 0.0178 e. The molecule has 1 aromatic carbocycles. The Kier molecular flexibility index (Phi) is 6.58. The molecule has 0 saturated heterocycles. The Morgan fingerprint density at radius 2 is 1.83 bits per heavy atom. The van der Waals surface area contributed by atoms with Gasteiger partial charge in [-0.2, -0.15) is 0 Å². The number of halogens is 1. The topological polar surface area (TPSA) is 0 Å². The SMILES string of the molecule is CC.CSc1ccc(Br)cc1C. The molecule has 0 unspecified atom stereocenters. The van der Waals surface area contributed by atoms with Crippen molar-refractivity contribution in [1.82, 2.24) is 0 Å². The second kappa shape index (κ2) is 6.55. The third-order valence-corrected chi connectivity index (χ3v) is 2.75. The summed E-state index contributed by atoms with van der Waals surface area (Å²) < 4.78 is 1.16. The lowest BCUT2D eigenvalue weighted by molar-refractivity contribution is 1.29. The van der Waals surface area contributed by atoms with Crippen LogP contribution >= 0.6 is 27.7 Å². The normalized spacial score (nSPS) is 8.75. The van der Waals surface area contributed by atoms with Gasteiger partial charge in [-0.1, -0.05) is 29.8 Å². The molecular weight excluding hydrogens is 232 g/mol. The van der Waals surface area contributed by atoms with Crippen LogP contribution in [-0.4, -0.2) is 6.26 Å². The molecular formula is C10H15BrS. The zero-order valence-corrected chi connectivity index (χ0v) is 10.4. The van der Waals surface area contributed by atoms with Crippen LogP contribution in [0.3, 0.4) is 0 Å². The molecule has 68 valence electrons. The molecule has 0 aliphatic heterocycles. The van der Waals surface area contributed by atoms with E-state index in [0.717, 1.165) is 4.47 Å². The van der Waals surface area contributed by atoms with Gasteiger partial charge in [0, 0.05) is 9.37 Å². The predicted molar refractivity (Wildman–Crippen MR) is 62.0 cm³/mol. The molecule has 0 spiro atoms. The summed E-state index contributed by atoms with van der Waals surface area (Å²) in [6, 6.07) is 6.33. The van der Waals surface area contributed by atoms with Crippen LogP contribution in [0.2, 0.25) is 0 Å². The molecule has 0 heterocycles. The highest BCUT2D eigenvalue weighted by molar-refractivity contribution is 9.10. The minimum absolute atomic E-state index is 1.16. The second-order valence-corrected chi connectivity index (χ2v) is 3.88. The highest BCUT2D eigenvalue weighted by atomic mass is 79.9. The van der Waals surface area contributed by atoms with Crippen LogP contribution in [0.1, 0.15) is 19.4 Å². The fraction of sp³-hybridized carbons (Fsp3) is 0.400. The standard InChI is InChI=1S/C8H9BrS.C2H6/c1-6-5-7(9)3-4-8(6)10-2;1-2/h3-5H,1-2H3;1-2H3. The van der Waals surface area contributed by atoms with Crippen molar-refractivity contribution < 1.29 is 0 Å². The summed E-state index contributed by atoms with van der Waals surface area (Å²) >= 11 is 5.20. The van der Waals surface area contributed by atoms with Gasteiger partial charge >= 0.3 is 0 Å². The lowest BCUT2D eigenvalue weighted by Gasteiger charge is -2.00. The zero-order valence-electron chi connectivity index (χ0n) is 8.02. The van der Waals surface area contributed by atoms with Crippen molar-refractivity contribution in [3.8, 4) is 0 Å². The van der Waals surface area contributed by atoms with Crippen molar-refractivity contribution in [3.63, 3.8) is 0 Å². The number of benzene rings is 1. The van der Waals surface area contributed by atoms with Crippen LogP contribution in [0, 0.1) is 6.92 Å². The first kappa shape index (κ1) is 12.0. The summed E-state index contributed by atoms with van der Waals surface area (Å²) in [6.45, 7) is 6.12. The van der Waals surface area contributed by atoms with Gasteiger partial charge in [0.05, 0.1) is 0 Å². The van der Waals surface area contributed by atoms with Crippen molar-refractivity contribution in [3.05, 3.63) is 28.2 Å². The fourth-order valence-electron chi connectivity index (χ4n) is 0.842. The van der Waals surface area contributed by atoms with Crippen molar-refractivity contribution >= 4 is 27.7 Å². The van der Waals surface area contributed by atoms with Gasteiger partial charge in [-0.15, -0.1) is 11.8 Å². The first-order valence-corrected chi connectivity index (χ1v) is 6.06. The van der Waals surface area contributed by atoms with E-state index in [1.165, 1.54) is 10.5 Å². The quantitative estimate of drug-likeness (QED) is 0.658. The van der Waals surface area contributed by atoms with Crippen LogP contribution in [0.5, 0.6) is 0 Å². The molecule has 0 nitrogen and oxygen atoms in total. The molecule has 12 heavy (non-hydrogen) atoms. The van der Waals surface area contributed by atoms with Crippen LogP contribution in [0.4, 0.5) is 0 Å². The van der Waals surface area contributed by atoms with E-state index in [4.69, 9.17) is 0 Å². The third-order valence-electron chi connectivity index (χ3n) is 1.36. The summed E-state index contributed by atoms with van der Waals surface area (Å²) in [5.41, 5.74) is 1.34. The van der Waals surface area contributed by atoms with E-state index in [2.05, 4.69) is 47.3 Å². The van der Waals surface area contributed by atoms with Gasteiger partial charge in [0.1, 0.15) is 0 Å². The van der Waals surface area contributed by atoms with Crippen LogP contribution in [0.15, 0.2) is 27.6 Å². The minimum Gasteiger partial charge on any atom is -0.129 e. The number of aryl methyl sites for hydroxylation is 1. The molecule has 0 N–H and O–H groups in total. The van der Waals surface area contributed by atoms with Gasteiger partial charge in [0.25, 0.3) is 0 Å². The molecule has 0 fully saturated rings. The summed E-state index contributed by atoms with van der Waals surface area (Å²) in [5.74, 6) is 0. The smallest absolute Gasteiger partial charge is 0.0178 e. The van der Waals surface area contributed by atoms with Crippen molar-refractivity contribution in [2.75, 3.05) is 6.26 Å². The van der Waals surface area contributed by atoms with Gasteiger partial charge in [-0.3, -0.25) is 0 Å². The molecule has 1 aromatic rings. The lowest BCUT2D eigenvalue weighted by atomic mass is 10.2. The van der Waals surface area contributed by atoms with E-state index < -0.39 is 0 Å². The zero-order chi connectivity index (χ0) is 9.56. The van der Waals surface area contributed by atoms with Crippen LogP contribution in [-0.2, 0) is 0 Å². The Hall–Kier alpha value is 0.0500. The predicted octanol–water partition coefficient (Wildman–Crippen LogP) is 4.51. The van der Waals surface area contributed by atoms with Gasteiger partial charge in [-0.05, 0) is 36.9 Å². The maximum absolute atomic E-state index is 3.42. The molecule has 0 aliphatic rings.